The van der Waals surface area contributed by atoms with Crippen LogP contribution >= 0.6 is 0 Å². The van der Waals surface area contributed by atoms with Crippen LogP contribution < -0.4 is 16.0 Å². The predicted octanol–water partition coefficient (Wildman–Crippen LogP) is -1.26. The fraction of sp³-hybridized carbons (Fsp3) is 0.812. The van der Waals surface area contributed by atoms with Crippen LogP contribution in [0.4, 0.5) is 4.79 Å². The molecule has 0 aromatic carbocycles. The highest BCUT2D eigenvalue weighted by molar-refractivity contribution is 5.85. The smallest absolute Gasteiger partial charge is 0.315 e. The number of fused-ring (bicyclic) bond motifs is 1. The fourth-order valence-electron chi connectivity index (χ4n) is 3.43. The molecule has 0 spiro atoms. The molecule has 3 N–H and O–H groups in total. The second-order valence-corrected chi connectivity index (χ2v) is 7.04. The number of urea groups is 1. The summed E-state index contributed by atoms with van der Waals surface area (Å²) < 4.78 is 4.78. The van der Waals surface area contributed by atoms with E-state index in [0.717, 1.165) is 13.0 Å². The first kappa shape index (κ1) is 19.5. The lowest BCUT2D eigenvalue weighted by atomic mass is 10.1. The summed E-state index contributed by atoms with van der Waals surface area (Å²) in [5.41, 5.74) is 0. The van der Waals surface area contributed by atoms with Crippen LogP contribution in [0.25, 0.3) is 0 Å². The van der Waals surface area contributed by atoms with Gasteiger partial charge < -0.3 is 25.6 Å². The van der Waals surface area contributed by atoms with Crippen molar-refractivity contribution in [1.82, 2.24) is 25.8 Å². The molecule has 0 unspecified atom stereocenters. The quantitative estimate of drug-likeness (QED) is 0.552. The van der Waals surface area contributed by atoms with Crippen LogP contribution in [0.5, 0.6) is 0 Å². The minimum Gasteiger partial charge on any atom is -0.375 e. The van der Waals surface area contributed by atoms with E-state index in [1.807, 2.05) is 30.7 Å². The zero-order valence-electron chi connectivity index (χ0n) is 15.4. The molecule has 2 saturated heterocycles. The number of rotatable bonds is 6. The van der Waals surface area contributed by atoms with E-state index in [0.29, 0.717) is 6.54 Å². The molecule has 2 rings (SSSR count). The topological polar surface area (TPSA) is 103 Å². The fourth-order valence-corrected chi connectivity index (χ4v) is 3.43. The van der Waals surface area contributed by atoms with Gasteiger partial charge in [0.25, 0.3) is 0 Å². The van der Waals surface area contributed by atoms with Crippen molar-refractivity contribution >= 4 is 17.8 Å². The Labute approximate surface area is 148 Å². The SMILES string of the molecule is COCC(=O)NC[C@H]1C(=O)N2C[C@@H](NC(=O)NC(C)C)C[C@H]2CN1C. The van der Waals surface area contributed by atoms with Gasteiger partial charge in [-0.2, -0.15) is 0 Å². The molecule has 142 valence electrons. The molecule has 4 amide bonds. The van der Waals surface area contributed by atoms with Gasteiger partial charge in [-0.3, -0.25) is 14.5 Å². The van der Waals surface area contributed by atoms with Crippen molar-refractivity contribution in [1.29, 1.82) is 0 Å². The van der Waals surface area contributed by atoms with Crippen molar-refractivity contribution in [2.24, 2.45) is 0 Å². The molecule has 3 atom stereocenters. The number of nitrogens with one attached hydrogen (secondary N) is 3. The first-order valence-electron chi connectivity index (χ1n) is 8.65. The van der Waals surface area contributed by atoms with Crippen molar-refractivity contribution in [3.05, 3.63) is 0 Å². The number of likely N-dealkylation sites (N-methyl/N-ethyl adjacent to an activating group) is 1. The van der Waals surface area contributed by atoms with Gasteiger partial charge in [-0.05, 0) is 27.3 Å². The average Bonchev–Trinajstić information content (AvgIpc) is 2.88. The van der Waals surface area contributed by atoms with Crippen LogP contribution in [0.15, 0.2) is 0 Å². The maximum Gasteiger partial charge on any atom is 0.315 e. The number of amides is 4. The molecular weight excluding hydrogens is 326 g/mol. The van der Waals surface area contributed by atoms with Crippen molar-refractivity contribution < 1.29 is 19.1 Å². The van der Waals surface area contributed by atoms with Gasteiger partial charge in [0.1, 0.15) is 12.6 Å². The average molecular weight is 355 g/mol. The highest BCUT2D eigenvalue weighted by atomic mass is 16.5. The van der Waals surface area contributed by atoms with Crippen molar-refractivity contribution in [2.45, 2.75) is 44.4 Å². The summed E-state index contributed by atoms with van der Waals surface area (Å²) in [5.74, 6) is -0.248. The Morgan fingerprint density at radius 2 is 2.04 bits per heavy atom. The molecule has 0 aromatic heterocycles. The molecule has 2 fully saturated rings. The zero-order valence-corrected chi connectivity index (χ0v) is 15.4. The second kappa shape index (κ2) is 8.48. The number of nitrogens with zero attached hydrogens (tertiary/aromatic N) is 2. The van der Waals surface area contributed by atoms with Gasteiger partial charge in [-0.15, -0.1) is 0 Å². The van der Waals surface area contributed by atoms with Gasteiger partial charge in [0.15, 0.2) is 0 Å². The third kappa shape index (κ3) is 5.05. The Bertz CT molecular complexity index is 513. The molecule has 9 nitrogen and oxygen atoms in total. The minimum absolute atomic E-state index is 0.00923. The number of piperazine rings is 1. The molecule has 2 aliphatic heterocycles. The van der Waals surface area contributed by atoms with Gasteiger partial charge in [-0.25, -0.2) is 4.79 Å². The van der Waals surface area contributed by atoms with Crippen molar-refractivity contribution in [2.75, 3.05) is 40.4 Å². The first-order chi connectivity index (χ1) is 11.8. The van der Waals surface area contributed by atoms with Gasteiger partial charge >= 0.3 is 6.03 Å². The Balaban J connectivity index is 1.90. The molecule has 0 aromatic rings. The molecule has 0 bridgehead atoms. The normalized spacial score (nSPS) is 26.5. The van der Waals surface area contributed by atoms with E-state index in [-0.39, 0.29) is 55.2 Å². The summed E-state index contributed by atoms with van der Waals surface area (Å²) in [6.07, 6.45) is 0.740. The summed E-state index contributed by atoms with van der Waals surface area (Å²) in [7, 11) is 3.34. The van der Waals surface area contributed by atoms with Crippen LogP contribution in [0.1, 0.15) is 20.3 Å². The van der Waals surface area contributed by atoms with Gasteiger partial charge in [0, 0.05) is 38.8 Å². The van der Waals surface area contributed by atoms with Crippen LogP contribution in [-0.4, -0.2) is 92.2 Å². The van der Waals surface area contributed by atoms with Crippen molar-refractivity contribution in [3.8, 4) is 0 Å². The Morgan fingerprint density at radius 1 is 1.32 bits per heavy atom. The predicted molar refractivity (Wildman–Crippen MR) is 92.0 cm³/mol. The first-order valence-corrected chi connectivity index (χ1v) is 8.65. The number of methoxy groups -OCH3 is 1. The standard InChI is InChI=1S/C16H29N5O4/c1-10(2)18-16(24)19-11-5-12-8-20(3)13(15(23)21(12)7-11)6-17-14(22)9-25-4/h10-13H,5-9H2,1-4H3,(H,17,22)(H2,18,19,24)/t11-,12-,13-/m0/s1. The molecule has 0 saturated carbocycles. The number of hydrogen-bond acceptors (Lipinski definition) is 5. The van der Waals surface area contributed by atoms with Crippen LogP contribution in [0.2, 0.25) is 0 Å². The van der Waals surface area contributed by atoms with E-state index in [1.54, 1.807) is 0 Å². The summed E-state index contributed by atoms with van der Waals surface area (Å²) in [6.45, 7) is 5.27. The summed E-state index contributed by atoms with van der Waals surface area (Å²) in [5, 5.41) is 8.46. The Kier molecular flexibility index (Phi) is 6.60. The third-order valence-corrected chi connectivity index (χ3v) is 4.54. The highest BCUT2D eigenvalue weighted by Gasteiger charge is 2.44. The number of carbonyl (C=O) groups is 3. The van der Waals surface area contributed by atoms with Gasteiger partial charge in [-0.1, -0.05) is 0 Å². The zero-order chi connectivity index (χ0) is 18.6. The monoisotopic (exact) mass is 355 g/mol. The van der Waals surface area contributed by atoms with E-state index in [4.69, 9.17) is 4.74 Å². The lowest BCUT2D eigenvalue weighted by Gasteiger charge is -2.40. The number of carbonyl (C=O) groups excluding carboxylic acids is 3. The lowest BCUT2D eigenvalue weighted by molar-refractivity contribution is -0.142. The van der Waals surface area contributed by atoms with Gasteiger partial charge in [0.05, 0.1) is 6.04 Å². The van der Waals surface area contributed by atoms with E-state index in [9.17, 15) is 14.4 Å². The van der Waals surface area contributed by atoms with Crippen LogP contribution in [0, 0.1) is 0 Å². The second-order valence-electron chi connectivity index (χ2n) is 7.04. The molecule has 2 aliphatic rings. The molecular formula is C16H29N5O4. The maximum atomic E-state index is 12.8. The lowest BCUT2D eigenvalue weighted by Crippen LogP contribution is -2.61. The number of ether oxygens (including phenoxy) is 1. The molecule has 0 radical (unpaired) electrons. The molecule has 25 heavy (non-hydrogen) atoms. The van der Waals surface area contributed by atoms with Crippen LogP contribution in [0.3, 0.4) is 0 Å². The maximum absolute atomic E-state index is 12.8. The summed E-state index contributed by atoms with van der Waals surface area (Å²) in [6, 6.07) is -0.489. The highest BCUT2D eigenvalue weighted by Crippen LogP contribution is 2.25. The van der Waals surface area contributed by atoms with Gasteiger partial charge in [0.2, 0.25) is 11.8 Å². The van der Waals surface area contributed by atoms with E-state index >= 15 is 0 Å². The molecule has 9 heteroatoms. The molecule has 2 heterocycles. The van der Waals surface area contributed by atoms with Crippen LogP contribution in [-0.2, 0) is 14.3 Å². The summed E-state index contributed by atoms with van der Waals surface area (Å²) >= 11 is 0. The van der Waals surface area contributed by atoms with E-state index in [2.05, 4.69) is 16.0 Å². The molecule has 0 aliphatic carbocycles. The Morgan fingerprint density at radius 3 is 2.68 bits per heavy atom. The minimum atomic E-state index is -0.389. The van der Waals surface area contributed by atoms with E-state index < -0.39 is 0 Å². The largest absolute Gasteiger partial charge is 0.375 e. The Hall–Kier alpha value is -1.87. The third-order valence-electron chi connectivity index (χ3n) is 4.54. The van der Waals surface area contributed by atoms with E-state index in [1.165, 1.54) is 7.11 Å². The summed E-state index contributed by atoms with van der Waals surface area (Å²) in [4.78, 5) is 40.0. The van der Waals surface area contributed by atoms with Crippen molar-refractivity contribution in [3.63, 3.8) is 0 Å². The number of hydrogen-bond donors (Lipinski definition) is 3.